The molecule has 1 aliphatic rings. The van der Waals surface area contributed by atoms with E-state index in [1.165, 1.54) is 18.8 Å². The second kappa shape index (κ2) is 16.5. The standard InChI is InChI=1S/C37H34BrN3O9S/c1-6-47-28-15-22(12-13-27(28)49-20-31(42)46-5)33-32(36(44)48-7-2)21(3)40-37-41(33)35(43)30(51-37)16-25-14-26(38)17-29(45-4)34(25)50-19-24-11-9-8-10-23(24)18-39/h8-17,33H,6-7,19-20H2,1-5H3/b30-16+/t33-/m0/s1. The highest BCUT2D eigenvalue weighted by Crippen LogP contribution is 2.38. The molecule has 0 amide bonds. The van der Waals surface area contributed by atoms with E-state index in [-0.39, 0.29) is 37.8 Å². The minimum absolute atomic E-state index is 0.0768. The second-order valence-electron chi connectivity index (χ2n) is 10.9. The number of nitriles is 1. The minimum Gasteiger partial charge on any atom is -0.493 e. The molecule has 12 nitrogen and oxygen atoms in total. The zero-order chi connectivity index (χ0) is 36.7. The number of aromatic nitrogens is 1. The van der Waals surface area contributed by atoms with E-state index in [2.05, 4.69) is 27.0 Å². The number of hydrogen-bond acceptors (Lipinski definition) is 12. The van der Waals surface area contributed by atoms with Gasteiger partial charge in [-0.1, -0.05) is 51.5 Å². The summed E-state index contributed by atoms with van der Waals surface area (Å²) >= 11 is 4.67. The fourth-order valence-electron chi connectivity index (χ4n) is 5.43. The van der Waals surface area contributed by atoms with E-state index < -0.39 is 23.5 Å². The molecule has 0 spiro atoms. The Morgan fingerprint density at radius 3 is 2.51 bits per heavy atom. The Balaban J connectivity index is 1.66. The molecule has 0 radical (unpaired) electrons. The molecular formula is C37H34BrN3O9S. The zero-order valence-electron chi connectivity index (χ0n) is 28.5. The maximum atomic E-state index is 14.4. The molecule has 0 unspecified atom stereocenters. The van der Waals surface area contributed by atoms with Crippen LogP contribution in [0.1, 0.15) is 49.1 Å². The highest BCUT2D eigenvalue weighted by atomic mass is 79.9. The van der Waals surface area contributed by atoms with Gasteiger partial charge in [0.25, 0.3) is 5.56 Å². The zero-order valence-corrected chi connectivity index (χ0v) is 30.9. The number of esters is 2. The smallest absolute Gasteiger partial charge is 0.343 e. The summed E-state index contributed by atoms with van der Waals surface area (Å²) in [5.74, 6) is 0.176. The van der Waals surface area contributed by atoms with Crippen LogP contribution >= 0.6 is 27.3 Å². The van der Waals surface area contributed by atoms with Crippen molar-refractivity contribution in [2.24, 2.45) is 4.99 Å². The number of nitrogens with zero attached hydrogens (tertiary/aromatic N) is 3. The van der Waals surface area contributed by atoms with Gasteiger partial charge in [0.1, 0.15) is 6.61 Å². The van der Waals surface area contributed by atoms with E-state index in [9.17, 15) is 19.6 Å². The monoisotopic (exact) mass is 775 g/mol. The van der Waals surface area contributed by atoms with Crippen molar-refractivity contribution >= 4 is 45.3 Å². The summed E-state index contributed by atoms with van der Waals surface area (Å²) in [6.45, 7) is 5.32. The van der Waals surface area contributed by atoms with Gasteiger partial charge in [0.2, 0.25) is 0 Å². The summed E-state index contributed by atoms with van der Waals surface area (Å²) in [5.41, 5.74) is 2.38. The summed E-state index contributed by atoms with van der Waals surface area (Å²) in [4.78, 5) is 44.7. The quantitative estimate of drug-likeness (QED) is 0.171. The summed E-state index contributed by atoms with van der Waals surface area (Å²) < 4.78 is 36.0. The van der Waals surface area contributed by atoms with Gasteiger partial charge in [-0.3, -0.25) is 9.36 Å². The third kappa shape index (κ3) is 8.00. The summed E-state index contributed by atoms with van der Waals surface area (Å²) in [6.07, 6.45) is 1.68. The number of allylic oxidation sites excluding steroid dienone is 1. The van der Waals surface area contributed by atoms with Crippen LogP contribution in [-0.4, -0.2) is 50.5 Å². The lowest BCUT2D eigenvalue weighted by Crippen LogP contribution is -2.40. The van der Waals surface area contributed by atoms with Crippen molar-refractivity contribution in [3.05, 3.63) is 112 Å². The number of carbonyl (C=O) groups is 2. The molecule has 264 valence electrons. The maximum Gasteiger partial charge on any atom is 0.343 e. The highest BCUT2D eigenvalue weighted by molar-refractivity contribution is 9.10. The van der Waals surface area contributed by atoms with Crippen LogP contribution in [-0.2, 0) is 25.7 Å². The van der Waals surface area contributed by atoms with Crippen molar-refractivity contribution < 1.29 is 38.0 Å². The van der Waals surface area contributed by atoms with Crippen LogP contribution in [0.2, 0.25) is 0 Å². The molecule has 0 N–H and O–H groups in total. The number of rotatable bonds is 13. The van der Waals surface area contributed by atoms with Gasteiger partial charge < -0.3 is 28.4 Å². The number of thiazole rings is 1. The SMILES string of the molecule is CCOC(=O)C1=C(C)N=c2s/c(=C/c3cc(Br)cc(OC)c3OCc3ccccc3C#N)c(=O)n2[C@H]1c1ccc(OCC(=O)OC)c(OCC)c1. The number of methoxy groups -OCH3 is 2. The van der Waals surface area contributed by atoms with Gasteiger partial charge in [-0.25, -0.2) is 14.6 Å². The van der Waals surface area contributed by atoms with Crippen molar-refractivity contribution in [3.8, 4) is 29.1 Å². The van der Waals surface area contributed by atoms with Crippen LogP contribution < -0.4 is 33.8 Å². The van der Waals surface area contributed by atoms with Gasteiger partial charge in [-0.2, -0.15) is 5.26 Å². The van der Waals surface area contributed by atoms with Crippen LogP contribution in [0.15, 0.2) is 80.1 Å². The molecule has 4 aromatic rings. The molecular weight excluding hydrogens is 742 g/mol. The van der Waals surface area contributed by atoms with Crippen LogP contribution in [0.4, 0.5) is 0 Å². The van der Waals surface area contributed by atoms with Gasteiger partial charge in [-0.15, -0.1) is 0 Å². The number of benzene rings is 3. The normalized spacial score (nSPS) is 13.8. The second-order valence-corrected chi connectivity index (χ2v) is 12.8. The molecule has 2 heterocycles. The van der Waals surface area contributed by atoms with Crippen LogP contribution in [0.5, 0.6) is 23.0 Å². The average Bonchev–Trinajstić information content (AvgIpc) is 3.43. The van der Waals surface area contributed by atoms with E-state index in [0.717, 1.165) is 11.3 Å². The minimum atomic E-state index is -0.938. The predicted octanol–water partition coefficient (Wildman–Crippen LogP) is 4.97. The first kappa shape index (κ1) is 36.9. The molecule has 0 saturated heterocycles. The Hall–Kier alpha value is -5.39. The number of ether oxygens (including phenoxy) is 6. The predicted molar refractivity (Wildman–Crippen MR) is 192 cm³/mol. The van der Waals surface area contributed by atoms with Crippen LogP contribution in [0.25, 0.3) is 6.08 Å². The van der Waals surface area contributed by atoms with E-state index in [4.69, 9.17) is 28.4 Å². The molecule has 0 saturated carbocycles. The Labute approximate surface area is 305 Å². The molecule has 3 aromatic carbocycles. The van der Waals surface area contributed by atoms with Crippen molar-refractivity contribution in [2.75, 3.05) is 34.0 Å². The van der Waals surface area contributed by atoms with Gasteiger partial charge >= 0.3 is 11.9 Å². The number of halogens is 1. The summed E-state index contributed by atoms with van der Waals surface area (Å²) in [6, 6.07) is 16.9. The maximum absolute atomic E-state index is 14.4. The van der Waals surface area contributed by atoms with Gasteiger partial charge in [0.05, 0.1) is 60.9 Å². The third-order valence-corrected chi connectivity index (χ3v) is 9.18. The van der Waals surface area contributed by atoms with Gasteiger partial charge in [0.15, 0.2) is 34.4 Å². The largest absolute Gasteiger partial charge is 0.493 e. The lowest BCUT2D eigenvalue weighted by Gasteiger charge is -2.25. The van der Waals surface area contributed by atoms with Crippen molar-refractivity contribution in [1.29, 1.82) is 5.26 Å². The van der Waals surface area contributed by atoms with Crippen molar-refractivity contribution in [2.45, 2.75) is 33.4 Å². The fourth-order valence-corrected chi connectivity index (χ4v) is 6.93. The first-order valence-electron chi connectivity index (χ1n) is 15.8. The Kier molecular flexibility index (Phi) is 12.0. The molecule has 0 fully saturated rings. The summed E-state index contributed by atoms with van der Waals surface area (Å²) in [5, 5.41) is 9.58. The third-order valence-electron chi connectivity index (χ3n) is 7.74. The Bertz CT molecular complexity index is 2240. The van der Waals surface area contributed by atoms with Gasteiger partial charge in [0, 0.05) is 15.6 Å². The molecule has 51 heavy (non-hydrogen) atoms. The molecule has 1 atom stereocenters. The van der Waals surface area contributed by atoms with Crippen LogP contribution in [0.3, 0.4) is 0 Å². The molecule has 0 bridgehead atoms. The first-order chi connectivity index (χ1) is 24.6. The molecule has 0 aliphatic carbocycles. The molecule has 1 aromatic heterocycles. The molecule has 1 aliphatic heterocycles. The van der Waals surface area contributed by atoms with E-state index in [0.29, 0.717) is 59.0 Å². The van der Waals surface area contributed by atoms with E-state index in [1.54, 1.807) is 75.4 Å². The average molecular weight is 777 g/mol. The van der Waals surface area contributed by atoms with Crippen molar-refractivity contribution in [1.82, 2.24) is 4.57 Å². The van der Waals surface area contributed by atoms with E-state index >= 15 is 0 Å². The fraction of sp³-hybridized carbons (Fsp3) is 0.270. The Morgan fingerprint density at radius 2 is 1.80 bits per heavy atom. The summed E-state index contributed by atoms with van der Waals surface area (Å²) in [7, 11) is 2.77. The van der Waals surface area contributed by atoms with E-state index in [1.807, 2.05) is 6.07 Å². The van der Waals surface area contributed by atoms with Crippen LogP contribution in [0, 0.1) is 11.3 Å². The lowest BCUT2D eigenvalue weighted by atomic mass is 9.95. The Morgan fingerprint density at radius 1 is 1.02 bits per heavy atom. The number of fused-ring (bicyclic) bond motifs is 1. The van der Waals surface area contributed by atoms with Crippen molar-refractivity contribution in [3.63, 3.8) is 0 Å². The highest BCUT2D eigenvalue weighted by Gasteiger charge is 2.34. The molecule has 5 rings (SSSR count). The lowest BCUT2D eigenvalue weighted by molar-refractivity contribution is -0.143. The first-order valence-corrected chi connectivity index (χ1v) is 17.4. The van der Waals surface area contributed by atoms with Gasteiger partial charge in [-0.05, 0) is 62.7 Å². The number of hydrogen-bond donors (Lipinski definition) is 0. The number of carbonyl (C=O) groups excluding carboxylic acids is 2. The topological polar surface area (TPSA) is 148 Å². The molecule has 14 heteroatoms.